The van der Waals surface area contributed by atoms with Gasteiger partial charge in [-0.3, -0.25) is 9.59 Å². The van der Waals surface area contributed by atoms with Gasteiger partial charge in [-0.1, -0.05) is 0 Å². The Bertz CT molecular complexity index is 821. The van der Waals surface area contributed by atoms with Crippen molar-refractivity contribution in [1.29, 1.82) is 0 Å². The zero-order chi connectivity index (χ0) is 18.0. The fourth-order valence-corrected chi connectivity index (χ4v) is 2.52. The third kappa shape index (κ3) is 3.61. The van der Waals surface area contributed by atoms with E-state index in [4.69, 9.17) is 4.42 Å². The topological polar surface area (TPSA) is 71.3 Å². The zero-order valence-electron chi connectivity index (χ0n) is 12.6. The van der Waals surface area contributed by atoms with E-state index < -0.39 is 41.5 Å². The van der Waals surface area contributed by atoms with Crippen molar-refractivity contribution in [2.24, 2.45) is 0 Å². The molecule has 1 heterocycles. The first-order valence-corrected chi connectivity index (χ1v) is 7.48. The Hall–Kier alpha value is -2.29. The molecule has 2 N–H and O–H groups in total. The molecule has 0 aliphatic rings. The fraction of sp³-hybridized carbons (Fsp3) is 0.200. The monoisotopic (exact) mass is 404 g/mol. The molecule has 0 aliphatic carbocycles. The number of benzene rings is 1. The molecule has 0 aliphatic heterocycles. The molecule has 2 rings (SSSR count). The van der Waals surface area contributed by atoms with Crippen LogP contribution in [0.4, 0.5) is 18.9 Å². The maximum atomic E-state index is 13.5. The van der Waals surface area contributed by atoms with E-state index in [0.29, 0.717) is 22.1 Å². The maximum absolute atomic E-state index is 13.5. The van der Waals surface area contributed by atoms with Crippen LogP contribution in [-0.2, 0) is 4.79 Å². The number of carbonyl (C=O) groups is 2. The van der Waals surface area contributed by atoms with Crippen LogP contribution in [0.5, 0.6) is 0 Å². The van der Waals surface area contributed by atoms with Gasteiger partial charge >= 0.3 is 0 Å². The SMILES string of the molecule is Cc1oc(C)c(C(=O)NCC(=O)Nc2ccc(F)c(F)c2F)c1Br. The van der Waals surface area contributed by atoms with E-state index in [1.54, 1.807) is 13.8 Å². The summed E-state index contributed by atoms with van der Waals surface area (Å²) < 4.78 is 45.1. The van der Waals surface area contributed by atoms with Gasteiger partial charge in [-0.2, -0.15) is 0 Å². The Morgan fingerprint density at radius 3 is 2.38 bits per heavy atom. The molecule has 2 amide bonds. The molecule has 24 heavy (non-hydrogen) atoms. The lowest BCUT2D eigenvalue weighted by atomic mass is 10.2. The van der Waals surface area contributed by atoms with Gasteiger partial charge in [0.25, 0.3) is 5.91 Å². The molecule has 0 radical (unpaired) electrons. The van der Waals surface area contributed by atoms with Crippen molar-refractivity contribution in [3.63, 3.8) is 0 Å². The molecule has 0 saturated heterocycles. The summed E-state index contributed by atoms with van der Waals surface area (Å²) in [5.41, 5.74) is -0.288. The number of amides is 2. The van der Waals surface area contributed by atoms with Crippen LogP contribution in [0.1, 0.15) is 21.9 Å². The van der Waals surface area contributed by atoms with Crippen molar-refractivity contribution in [3.8, 4) is 0 Å². The molecule has 2 aromatic rings. The second-order valence-corrected chi connectivity index (χ2v) is 5.65. The third-order valence-electron chi connectivity index (χ3n) is 3.13. The lowest BCUT2D eigenvalue weighted by Crippen LogP contribution is -2.33. The predicted octanol–water partition coefficient (Wildman–Crippen LogP) is 3.44. The molecule has 1 aromatic heterocycles. The van der Waals surface area contributed by atoms with Crippen molar-refractivity contribution in [1.82, 2.24) is 5.32 Å². The fourth-order valence-electron chi connectivity index (χ4n) is 1.98. The zero-order valence-corrected chi connectivity index (χ0v) is 14.2. The largest absolute Gasteiger partial charge is 0.465 e. The minimum Gasteiger partial charge on any atom is -0.465 e. The van der Waals surface area contributed by atoms with Gasteiger partial charge < -0.3 is 15.1 Å². The van der Waals surface area contributed by atoms with Gasteiger partial charge in [0.1, 0.15) is 11.5 Å². The van der Waals surface area contributed by atoms with Crippen LogP contribution in [0, 0.1) is 31.3 Å². The summed E-state index contributed by atoms with van der Waals surface area (Å²) >= 11 is 3.20. The predicted molar refractivity (Wildman–Crippen MR) is 83.2 cm³/mol. The minimum atomic E-state index is -1.69. The maximum Gasteiger partial charge on any atom is 0.256 e. The highest BCUT2D eigenvalue weighted by atomic mass is 79.9. The standard InChI is InChI=1S/C15H12BrF3N2O3/c1-6-11(12(16)7(2)24-6)15(23)20-5-10(22)21-9-4-3-8(17)13(18)14(9)19/h3-4H,5H2,1-2H3,(H,20,23)(H,21,22). The van der Waals surface area contributed by atoms with Crippen molar-refractivity contribution >= 4 is 33.4 Å². The number of hydrogen-bond acceptors (Lipinski definition) is 3. The molecule has 1 aromatic carbocycles. The molecule has 0 unspecified atom stereocenters. The molecule has 0 atom stereocenters. The van der Waals surface area contributed by atoms with Crippen molar-refractivity contribution in [2.45, 2.75) is 13.8 Å². The van der Waals surface area contributed by atoms with Crippen LogP contribution < -0.4 is 10.6 Å². The van der Waals surface area contributed by atoms with Gasteiger partial charge in [-0.25, -0.2) is 13.2 Å². The number of aryl methyl sites for hydroxylation is 2. The minimum absolute atomic E-state index is 0.235. The number of rotatable bonds is 4. The van der Waals surface area contributed by atoms with Crippen LogP contribution in [0.15, 0.2) is 21.0 Å². The quantitative estimate of drug-likeness (QED) is 0.766. The Morgan fingerprint density at radius 2 is 1.79 bits per heavy atom. The average molecular weight is 405 g/mol. The van der Waals surface area contributed by atoms with Gasteiger partial charge in [0.15, 0.2) is 17.5 Å². The molecule has 9 heteroatoms. The van der Waals surface area contributed by atoms with E-state index in [9.17, 15) is 22.8 Å². The van der Waals surface area contributed by atoms with E-state index in [2.05, 4.69) is 21.2 Å². The van der Waals surface area contributed by atoms with Crippen LogP contribution in [0.25, 0.3) is 0 Å². The highest BCUT2D eigenvalue weighted by Crippen LogP contribution is 2.27. The molecule has 0 bridgehead atoms. The highest BCUT2D eigenvalue weighted by Gasteiger charge is 2.21. The normalized spacial score (nSPS) is 10.6. The summed E-state index contributed by atoms with van der Waals surface area (Å²) in [5, 5.41) is 4.38. The number of nitrogens with one attached hydrogen (secondary N) is 2. The summed E-state index contributed by atoms with van der Waals surface area (Å²) in [7, 11) is 0. The van der Waals surface area contributed by atoms with Crippen molar-refractivity contribution < 1.29 is 27.2 Å². The third-order valence-corrected chi connectivity index (χ3v) is 4.09. The van der Waals surface area contributed by atoms with Crippen molar-refractivity contribution in [3.05, 3.63) is 51.1 Å². The van der Waals surface area contributed by atoms with Gasteiger partial charge in [0, 0.05) is 0 Å². The summed E-state index contributed by atoms with van der Waals surface area (Å²) in [6, 6.07) is 1.56. The summed E-state index contributed by atoms with van der Waals surface area (Å²) in [4.78, 5) is 23.8. The summed E-state index contributed by atoms with van der Waals surface area (Å²) in [6.07, 6.45) is 0. The van der Waals surface area contributed by atoms with Crippen molar-refractivity contribution in [2.75, 3.05) is 11.9 Å². The lowest BCUT2D eigenvalue weighted by molar-refractivity contribution is -0.115. The molecule has 0 saturated carbocycles. The van der Waals surface area contributed by atoms with Gasteiger partial charge in [-0.15, -0.1) is 0 Å². The number of halogens is 4. The molecule has 5 nitrogen and oxygen atoms in total. The summed E-state index contributed by atoms with van der Waals surface area (Å²) in [6.45, 7) is 2.75. The second kappa shape index (κ2) is 7.08. The number of furan rings is 1. The van der Waals surface area contributed by atoms with Crippen LogP contribution in [-0.4, -0.2) is 18.4 Å². The highest BCUT2D eigenvalue weighted by molar-refractivity contribution is 9.10. The van der Waals surface area contributed by atoms with E-state index in [1.165, 1.54) is 0 Å². The number of carbonyl (C=O) groups excluding carboxylic acids is 2. The number of anilines is 1. The van der Waals surface area contributed by atoms with Crippen LogP contribution in [0.2, 0.25) is 0 Å². The van der Waals surface area contributed by atoms with E-state index >= 15 is 0 Å². The molecule has 128 valence electrons. The van der Waals surface area contributed by atoms with E-state index in [-0.39, 0.29) is 5.56 Å². The number of hydrogen-bond donors (Lipinski definition) is 2. The molecule has 0 fully saturated rings. The Morgan fingerprint density at radius 1 is 1.12 bits per heavy atom. The average Bonchev–Trinajstić information content (AvgIpc) is 2.78. The van der Waals surface area contributed by atoms with E-state index in [1.807, 2.05) is 5.32 Å². The molecule has 0 spiro atoms. The van der Waals surface area contributed by atoms with Crippen LogP contribution >= 0.6 is 15.9 Å². The molecular weight excluding hydrogens is 393 g/mol. The lowest BCUT2D eigenvalue weighted by Gasteiger charge is -2.08. The Balaban J connectivity index is 2.01. The first-order valence-electron chi connectivity index (χ1n) is 6.69. The smallest absolute Gasteiger partial charge is 0.256 e. The van der Waals surface area contributed by atoms with Gasteiger partial charge in [0.05, 0.1) is 22.3 Å². The summed E-state index contributed by atoms with van der Waals surface area (Å²) in [5.74, 6) is -5.08. The molecular formula is C15H12BrF3N2O3. The first-order chi connectivity index (χ1) is 11.2. The first kappa shape index (κ1) is 18.1. The van der Waals surface area contributed by atoms with Gasteiger partial charge in [0.2, 0.25) is 5.91 Å². The van der Waals surface area contributed by atoms with Crippen LogP contribution in [0.3, 0.4) is 0 Å². The van der Waals surface area contributed by atoms with E-state index in [0.717, 1.165) is 6.07 Å². The van der Waals surface area contributed by atoms with Gasteiger partial charge in [-0.05, 0) is 41.9 Å². The Kier molecular flexibility index (Phi) is 5.33. The Labute approximate surface area is 143 Å². The second-order valence-electron chi connectivity index (χ2n) is 4.86.